The van der Waals surface area contributed by atoms with E-state index < -0.39 is 5.97 Å². The monoisotopic (exact) mass is 352 g/mol. The third kappa shape index (κ3) is 3.44. The zero-order valence-electron chi connectivity index (χ0n) is 15.4. The van der Waals surface area contributed by atoms with Crippen LogP contribution >= 0.6 is 0 Å². The van der Waals surface area contributed by atoms with Crippen molar-refractivity contribution in [2.45, 2.75) is 19.9 Å². The van der Waals surface area contributed by atoms with E-state index in [1.54, 1.807) is 11.7 Å². The Hall–Kier alpha value is -2.79. The number of nitrogens with zero attached hydrogens (tertiary/aromatic N) is 1. The maximum Gasteiger partial charge on any atom is 0.352 e. The first kappa shape index (κ1) is 18.0. The lowest BCUT2D eigenvalue weighted by Gasteiger charge is -2.09. The lowest BCUT2D eigenvalue weighted by molar-refractivity contribution is 0.0685. The van der Waals surface area contributed by atoms with Gasteiger partial charge in [-0.05, 0) is 43.1 Å². The summed E-state index contributed by atoms with van der Waals surface area (Å²) in [5.74, 6) is -0.0240. The first-order chi connectivity index (χ1) is 12.5. The Kier molecular flexibility index (Phi) is 5.28. The van der Waals surface area contributed by atoms with Crippen molar-refractivity contribution in [2.75, 3.05) is 13.7 Å². The van der Waals surface area contributed by atoms with Gasteiger partial charge in [-0.3, -0.25) is 0 Å². The van der Waals surface area contributed by atoms with Crippen LogP contribution in [0.15, 0.2) is 42.5 Å². The summed E-state index contributed by atoms with van der Waals surface area (Å²) in [7, 11) is 3.48. The molecule has 0 fully saturated rings. The molecule has 5 heteroatoms. The Morgan fingerprint density at radius 3 is 2.73 bits per heavy atom. The second-order valence-electron chi connectivity index (χ2n) is 6.45. The van der Waals surface area contributed by atoms with Crippen molar-refractivity contribution < 1.29 is 14.6 Å². The smallest absolute Gasteiger partial charge is 0.352 e. The molecule has 0 atom stereocenters. The first-order valence-electron chi connectivity index (χ1n) is 8.66. The molecule has 0 aliphatic rings. The molecule has 3 aromatic rings. The highest BCUT2D eigenvalue weighted by molar-refractivity contribution is 5.98. The van der Waals surface area contributed by atoms with Crippen molar-refractivity contribution in [1.82, 2.24) is 9.88 Å². The van der Waals surface area contributed by atoms with Crippen LogP contribution in [-0.4, -0.2) is 29.3 Å². The van der Waals surface area contributed by atoms with Gasteiger partial charge < -0.3 is 19.7 Å². The first-order valence-corrected chi connectivity index (χ1v) is 8.66. The van der Waals surface area contributed by atoms with Crippen molar-refractivity contribution in [3.63, 3.8) is 0 Å². The van der Waals surface area contributed by atoms with Crippen LogP contribution < -0.4 is 10.1 Å². The lowest BCUT2D eigenvalue weighted by atomic mass is 10.1. The normalized spacial score (nSPS) is 11.0. The summed E-state index contributed by atoms with van der Waals surface area (Å²) in [6, 6.07) is 14.0. The van der Waals surface area contributed by atoms with Gasteiger partial charge in [0.05, 0.1) is 7.11 Å². The third-order valence-electron chi connectivity index (χ3n) is 4.73. The Morgan fingerprint density at radius 2 is 2.00 bits per heavy atom. The van der Waals surface area contributed by atoms with Gasteiger partial charge in [-0.15, -0.1) is 0 Å². The number of para-hydroxylation sites is 1. The summed E-state index contributed by atoms with van der Waals surface area (Å²) in [6.07, 6.45) is 0.816. The molecular weight excluding hydrogens is 328 g/mol. The molecule has 1 heterocycles. The predicted molar refractivity (Wildman–Crippen MR) is 103 cm³/mol. The number of fused-ring (bicyclic) bond motifs is 1. The van der Waals surface area contributed by atoms with Crippen LogP contribution in [0, 0.1) is 6.92 Å². The van der Waals surface area contributed by atoms with Crippen LogP contribution in [0.4, 0.5) is 0 Å². The lowest BCUT2D eigenvalue weighted by Crippen LogP contribution is -2.19. The maximum absolute atomic E-state index is 11.8. The van der Waals surface area contributed by atoms with E-state index in [9.17, 15) is 9.90 Å². The van der Waals surface area contributed by atoms with E-state index in [4.69, 9.17) is 4.74 Å². The number of carbonyl (C=O) groups is 1. The van der Waals surface area contributed by atoms with Gasteiger partial charge in [-0.25, -0.2) is 4.79 Å². The third-order valence-corrected chi connectivity index (χ3v) is 4.73. The number of aromatic carboxylic acids is 1. The molecule has 0 saturated heterocycles. The molecule has 0 saturated carbocycles. The molecule has 2 N–H and O–H groups in total. The number of hydrogen-bond acceptors (Lipinski definition) is 3. The van der Waals surface area contributed by atoms with Gasteiger partial charge in [0.25, 0.3) is 0 Å². The number of carboxylic acids is 1. The minimum atomic E-state index is -0.900. The highest BCUT2D eigenvalue weighted by atomic mass is 16.5. The van der Waals surface area contributed by atoms with E-state index in [0.29, 0.717) is 12.2 Å². The number of nitrogens with one attached hydrogen (secondary N) is 1. The van der Waals surface area contributed by atoms with Gasteiger partial charge in [0.1, 0.15) is 11.4 Å². The molecule has 3 rings (SSSR count). The van der Waals surface area contributed by atoms with E-state index in [-0.39, 0.29) is 0 Å². The van der Waals surface area contributed by atoms with Gasteiger partial charge in [-0.2, -0.15) is 0 Å². The number of carboxylic acid groups (broad SMARTS) is 1. The van der Waals surface area contributed by atoms with Gasteiger partial charge in [0, 0.05) is 30.1 Å². The van der Waals surface area contributed by atoms with Crippen LogP contribution in [-0.2, 0) is 20.0 Å². The van der Waals surface area contributed by atoms with E-state index >= 15 is 0 Å². The molecule has 5 nitrogen and oxygen atoms in total. The summed E-state index contributed by atoms with van der Waals surface area (Å²) in [5.41, 5.74) is 4.37. The van der Waals surface area contributed by atoms with Crippen LogP contribution in [0.2, 0.25) is 0 Å². The molecule has 136 valence electrons. The maximum atomic E-state index is 11.8. The van der Waals surface area contributed by atoms with Crippen molar-refractivity contribution in [2.24, 2.45) is 7.05 Å². The highest BCUT2D eigenvalue weighted by Crippen LogP contribution is 2.26. The fraction of sp³-hybridized carbons (Fsp3) is 0.286. The number of methoxy groups -OCH3 is 1. The predicted octanol–water partition coefficient (Wildman–Crippen LogP) is 3.53. The van der Waals surface area contributed by atoms with Gasteiger partial charge in [0.2, 0.25) is 0 Å². The SMILES string of the molecule is COc1ccccc1CCNCc1c(C(=O)O)n(C)c2cc(C)ccc12. The number of aromatic nitrogens is 1. The Labute approximate surface area is 153 Å². The molecule has 26 heavy (non-hydrogen) atoms. The second-order valence-corrected chi connectivity index (χ2v) is 6.45. The highest BCUT2D eigenvalue weighted by Gasteiger charge is 2.20. The topological polar surface area (TPSA) is 63.5 Å². The minimum Gasteiger partial charge on any atom is -0.496 e. The number of aryl methyl sites for hydroxylation is 2. The summed E-state index contributed by atoms with van der Waals surface area (Å²) >= 11 is 0. The number of ether oxygens (including phenoxy) is 1. The zero-order chi connectivity index (χ0) is 18.7. The molecular formula is C21H24N2O3. The zero-order valence-corrected chi connectivity index (χ0v) is 15.4. The second kappa shape index (κ2) is 7.62. The van der Waals surface area contributed by atoms with E-state index in [0.717, 1.165) is 46.3 Å². The molecule has 0 aliphatic carbocycles. The fourth-order valence-electron chi connectivity index (χ4n) is 3.42. The number of benzene rings is 2. The standard InChI is InChI=1S/C21H24N2O3/c1-14-8-9-16-17(20(21(24)25)23(2)18(16)12-14)13-22-11-10-15-6-4-5-7-19(15)26-3/h4-9,12,22H,10-11,13H2,1-3H3,(H,24,25). The van der Waals surface area contributed by atoms with Crippen LogP contribution in [0.25, 0.3) is 10.9 Å². The molecule has 0 bridgehead atoms. The van der Waals surface area contributed by atoms with Gasteiger partial charge in [0.15, 0.2) is 0 Å². The van der Waals surface area contributed by atoms with Crippen molar-refractivity contribution in [3.05, 3.63) is 64.8 Å². The summed E-state index contributed by atoms with van der Waals surface area (Å²) in [5, 5.41) is 14.0. The molecule has 1 aromatic heterocycles. The summed E-state index contributed by atoms with van der Waals surface area (Å²) in [4.78, 5) is 11.8. The van der Waals surface area contributed by atoms with E-state index in [2.05, 4.69) is 5.32 Å². The fourth-order valence-corrected chi connectivity index (χ4v) is 3.42. The number of rotatable bonds is 7. The van der Waals surface area contributed by atoms with Crippen molar-refractivity contribution in [3.8, 4) is 5.75 Å². The average molecular weight is 352 g/mol. The minimum absolute atomic E-state index is 0.343. The Balaban J connectivity index is 1.78. The molecule has 0 spiro atoms. The van der Waals surface area contributed by atoms with Crippen molar-refractivity contribution >= 4 is 16.9 Å². The molecule has 0 aliphatic heterocycles. The van der Waals surface area contributed by atoms with E-state index in [1.807, 2.05) is 56.4 Å². The summed E-state index contributed by atoms with van der Waals surface area (Å²) in [6.45, 7) is 3.26. The van der Waals surface area contributed by atoms with E-state index in [1.165, 1.54) is 0 Å². The quantitative estimate of drug-likeness (QED) is 0.639. The molecule has 0 unspecified atom stereocenters. The van der Waals surface area contributed by atoms with Crippen LogP contribution in [0.1, 0.15) is 27.2 Å². The van der Waals surface area contributed by atoms with Gasteiger partial charge >= 0.3 is 5.97 Å². The summed E-state index contributed by atoms with van der Waals surface area (Å²) < 4.78 is 7.14. The Morgan fingerprint density at radius 1 is 1.23 bits per heavy atom. The number of hydrogen-bond donors (Lipinski definition) is 2. The molecule has 0 amide bonds. The largest absolute Gasteiger partial charge is 0.496 e. The van der Waals surface area contributed by atoms with Crippen LogP contribution in [0.5, 0.6) is 5.75 Å². The van der Waals surface area contributed by atoms with Gasteiger partial charge in [-0.1, -0.05) is 30.3 Å². The van der Waals surface area contributed by atoms with Crippen LogP contribution in [0.3, 0.4) is 0 Å². The molecule has 0 radical (unpaired) electrons. The molecule has 2 aromatic carbocycles. The average Bonchev–Trinajstić information content (AvgIpc) is 2.90. The Bertz CT molecular complexity index is 944. The van der Waals surface area contributed by atoms with Crippen molar-refractivity contribution in [1.29, 1.82) is 0 Å².